The van der Waals surface area contributed by atoms with E-state index in [-0.39, 0.29) is 39.6 Å². The van der Waals surface area contributed by atoms with Gasteiger partial charge < -0.3 is 24.7 Å². The number of hydrogen-bond donors (Lipinski definition) is 2. The fourth-order valence-electron chi connectivity index (χ4n) is 5.39. The average Bonchev–Trinajstić information content (AvgIpc) is 3.56. The summed E-state index contributed by atoms with van der Waals surface area (Å²) in [6.07, 6.45) is 2.89. The van der Waals surface area contributed by atoms with E-state index >= 15 is 0 Å². The first-order valence-electron chi connectivity index (χ1n) is 12.4. The molecule has 1 aliphatic carbocycles. The van der Waals surface area contributed by atoms with E-state index < -0.39 is 11.9 Å². The van der Waals surface area contributed by atoms with Crippen LogP contribution >= 0.6 is 11.6 Å². The Bertz CT molecular complexity index is 1770. The number of halogens is 4. The van der Waals surface area contributed by atoms with Crippen LogP contribution in [-0.2, 0) is 18.0 Å². The van der Waals surface area contributed by atoms with Crippen molar-refractivity contribution in [2.45, 2.75) is 25.1 Å². The second-order valence-corrected chi connectivity index (χ2v) is 10.4. The summed E-state index contributed by atoms with van der Waals surface area (Å²) in [5.74, 6) is 1.44. The zero-order valence-corrected chi connectivity index (χ0v) is 22.0. The highest BCUT2D eigenvalue weighted by atomic mass is 35.5. The van der Waals surface area contributed by atoms with Crippen LogP contribution in [0.15, 0.2) is 30.9 Å². The predicted octanol–water partition coefficient (Wildman–Crippen LogP) is 4.81. The van der Waals surface area contributed by atoms with Gasteiger partial charge in [0.25, 0.3) is 0 Å². The molecule has 0 amide bonds. The molecule has 6 heterocycles. The number of aryl methyl sites for hydroxylation is 1. The van der Waals surface area contributed by atoms with Crippen LogP contribution in [0.2, 0.25) is 5.02 Å². The summed E-state index contributed by atoms with van der Waals surface area (Å²) in [5, 5.41) is 14.6. The van der Waals surface area contributed by atoms with Crippen LogP contribution in [0.3, 0.4) is 0 Å². The zero-order valence-electron chi connectivity index (χ0n) is 21.2. The molecule has 0 unspecified atom stereocenters. The molecule has 5 aromatic rings. The quantitative estimate of drug-likeness (QED) is 0.294. The standard InChI is InChI=1S/C24H22ClF3N10O2/c1-29-20-18-14(9-32-37(18)4-3-30-20)40-13-8-31-21-19(17(13)25)36(2)22(34-21)33-16-5-15(24(26,27)28)38(35-16)12-6-23(7-12)10-39-11-23/h3-5,8-9,12H,6-7,10-11H2,1-2H3,(H,29,30)(H,31,33,34,35). The van der Waals surface area contributed by atoms with E-state index in [1.165, 1.54) is 12.4 Å². The Balaban J connectivity index is 1.20. The topological polar surface area (TPSA) is 121 Å². The average molecular weight is 575 g/mol. The number of anilines is 3. The van der Waals surface area contributed by atoms with Gasteiger partial charge in [-0.1, -0.05) is 11.6 Å². The number of alkyl halides is 3. The van der Waals surface area contributed by atoms with Gasteiger partial charge in [0.2, 0.25) is 5.95 Å². The zero-order chi connectivity index (χ0) is 27.8. The van der Waals surface area contributed by atoms with Gasteiger partial charge >= 0.3 is 6.18 Å². The lowest BCUT2D eigenvalue weighted by atomic mass is 9.64. The van der Waals surface area contributed by atoms with Crippen molar-refractivity contribution in [2.75, 3.05) is 30.9 Å². The molecule has 7 rings (SSSR count). The van der Waals surface area contributed by atoms with Crippen molar-refractivity contribution < 1.29 is 22.6 Å². The van der Waals surface area contributed by atoms with Gasteiger partial charge in [0.15, 0.2) is 34.3 Å². The number of pyridine rings is 1. The molecule has 0 atom stereocenters. The maximum Gasteiger partial charge on any atom is 0.433 e. The van der Waals surface area contributed by atoms with Gasteiger partial charge in [-0.15, -0.1) is 0 Å². The van der Waals surface area contributed by atoms with E-state index in [2.05, 4.69) is 35.8 Å². The Morgan fingerprint density at radius 1 is 1.15 bits per heavy atom. The molecule has 2 fully saturated rings. The van der Waals surface area contributed by atoms with E-state index in [1.54, 1.807) is 35.6 Å². The lowest BCUT2D eigenvalue weighted by molar-refractivity contribution is -0.182. The van der Waals surface area contributed by atoms with Crippen LogP contribution in [0.4, 0.5) is 30.8 Å². The summed E-state index contributed by atoms with van der Waals surface area (Å²) in [6.45, 7) is 1.17. The summed E-state index contributed by atoms with van der Waals surface area (Å²) < 4.78 is 57.2. The highest BCUT2D eigenvalue weighted by Crippen LogP contribution is 2.54. The highest BCUT2D eigenvalue weighted by Gasteiger charge is 2.52. The summed E-state index contributed by atoms with van der Waals surface area (Å²) in [5.41, 5.74) is 0.477. The molecule has 1 spiro atoms. The molecule has 1 saturated heterocycles. The monoisotopic (exact) mass is 574 g/mol. The minimum absolute atomic E-state index is 0.0127. The van der Waals surface area contributed by atoms with Gasteiger partial charge in [0, 0.05) is 38.0 Å². The van der Waals surface area contributed by atoms with Gasteiger partial charge in [0.1, 0.15) is 16.2 Å². The van der Waals surface area contributed by atoms with Gasteiger partial charge in [-0.2, -0.15) is 28.4 Å². The lowest BCUT2D eigenvalue weighted by Gasteiger charge is -2.53. The van der Waals surface area contributed by atoms with Crippen molar-refractivity contribution in [1.29, 1.82) is 0 Å². The van der Waals surface area contributed by atoms with Crippen molar-refractivity contribution in [3.05, 3.63) is 41.6 Å². The molecule has 0 radical (unpaired) electrons. The molecule has 208 valence electrons. The van der Waals surface area contributed by atoms with E-state index in [4.69, 9.17) is 21.1 Å². The Kier molecular flexibility index (Phi) is 5.41. The number of rotatable bonds is 6. The van der Waals surface area contributed by atoms with Crippen LogP contribution in [0.25, 0.3) is 16.7 Å². The third-order valence-corrected chi connectivity index (χ3v) is 7.79. The molecule has 16 heteroatoms. The molecular weight excluding hydrogens is 553 g/mol. The second kappa shape index (κ2) is 8.69. The normalized spacial score (nSPS) is 16.9. The number of nitrogens with one attached hydrogen (secondary N) is 2. The fraction of sp³-hybridized carbons (Fsp3) is 0.375. The molecule has 2 N–H and O–H groups in total. The first-order chi connectivity index (χ1) is 19.2. The minimum Gasteiger partial charge on any atom is -0.450 e. The molecule has 1 aliphatic heterocycles. The molecule has 1 saturated carbocycles. The van der Waals surface area contributed by atoms with Crippen molar-refractivity contribution >= 4 is 45.9 Å². The SMILES string of the molecule is CNc1nccn2ncc(Oc3cnc4nc(Nc5cc(C(F)(F)F)n(C6CC7(COC7)C6)n5)n(C)c4c3Cl)c12. The second-order valence-electron chi connectivity index (χ2n) is 10.1. The van der Waals surface area contributed by atoms with Crippen LogP contribution in [-0.4, -0.2) is 59.2 Å². The number of nitrogens with zero attached hydrogens (tertiary/aromatic N) is 8. The van der Waals surface area contributed by atoms with Crippen LogP contribution < -0.4 is 15.4 Å². The number of ether oxygens (including phenoxy) is 2. The summed E-state index contributed by atoms with van der Waals surface area (Å²) >= 11 is 6.72. The van der Waals surface area contributed by atoms with Crippen molar-refractivity contribution in [1.82, 2.24) is 38.9 Å². The molecule has 2 aliphatic rings. The Morgan fingerprint density at radius 2 is 1.95 bits per heavy atom. The largest absolute Gasteiger partial charge is 0.450 e. The molecule has 40 heavy (non-hydrogen) atoms. The van der Waals surface area contributed by atoms with Crippen molar-refractivity contribution in [3.63, 3.8) is 0 Å². The smallest absolute Gasteiger partial charge is 0.433 e. The number of fused-ring (bicyclic) bond motifs is 2. The van der Waals surface area contributed by atoms with E-state index in [0.717, 1.165) is 10.7 Å². The summed E-state index contributed by atoms with van der Waals surface area (Å²) in [6, 6.07) is 0.648. The van der Waals surface area contributed by atoms with Crippen LogP contribution in [0.1, 0.15) is 24.6 Å². The van der Waals surface area contributed by atoms with Crippen molar-refractivity contribution in [3.8, 4) is 11.5 Å². The third kappa shape index (κ3) is 3.83. The third-order valence-electron chi connectivity index (χ3n) is 7.43. The minimum atomic E-state index is -4.56. The summed E-state index contributed by atoms with van der Waals surface area (Å²) in [4.78, 5) is 13.1. The van der Waals surface area contributed by atoms with E-state index in [1.807, 2.05) is 0 Å². The van der Waals surface area contributed by atoms with E-state index in [0.29, 0.717) is 48.7 Å². The van der Waals surface area contributed by atoms with Crippen molar-refractivity contribution in [2.24, 2.45) is 12.5 Å². The summed E-state index contributed by atoms with van der Waals surface area (Å²) in [7, 11) is 3.40. The van der Waals surface area contributed by atoms with Gasteiger partial charge in [-0.25, -0.2) is 14.5 Å². The maximum atomic E-state index is 13.9. The predicted molar refractivity (Wildman–Crippen MR) is 138 cm³/mol. The number of aromatic nitrogens is 8. The van der Waals surface area contributed by atoms with E-state index in [9.17, 15) is 13.2 Å². The van der Waals surface area contributed by atoms with Gasteiger partial charge in [0.05, 0.1) is 31.6 Å². The van der Waals surface area contributed by atoms with Gasteiger partial charge in [-0.05, 0) is 12.8 Å². The van der Waals surface area contributed by atoms with Crippen LogP contribution in [0.5, 0.6) is 11.5 Å². The molecule has 5 aromatic heterocycles. The first-order valence-corrected chi connectivity index (χ1v) is 12.7. The fourth-order valence-corrected chi connectivity index (χ4v) is 5.69. The molecule has 0 aromatic carbocycles. The lowest BCUT2D eigenvalue weighted by Crippen LogP contribution is -2.53. The highest BCUT2D eigenvalue weighted by molar-refractivity contribution is 6.36. The van der Waals surface area contributed by atoms with Crippen LogP contribution in [0, 0.1) is 5.41 Å². The Labute approximate surface area is 229 Å². The molecular formula is C24H22ClF3N10O2. The Morgan fingerprint density at radius 3 is 2.65 bits per heavy atom. The maximum absolute atomic E-state index is 13.9. The Hall–Kier alpha value is -4.11. The number of imidazole rings is 1. The number of hydrogen-bond acceptors (Lipinski definition) is 9. The molecule has 12 nitrogen and oxygen atoms in total. The van der Waals surface area contributed by atoms with Gasteiger partial charge in [-0.3, -0.25) is 4.68 Å². The molecule has 0 bridgehead atoms. The first kappa shape index (κ1) is 24.9.